The molecule has 1 amide bonds. The topological polar surface area (TPSA) is 73.8 Å². The van der Waals surface area contributed by atoms with Crippen molar-refractivity contribution in [3.05, 3.63) is 24.3 Å². The number of benzene rings is 1. The summed E-state index contributed by atoms with van der Waals surface area (Å²) in [4.78, 5) is 23.0. The van der Waals surface area contributed by atoms with Crippen molar-refractivity contribution in [2.45, 2.75) is 39.7 Å². The molecule has 1 fully saturated rings. The van der Waals surface area contributed by atoms with Crippen LogP contribution >= 0.6 is 0 Å². The molecule has 27 heavy (non-hydrogen) atoms. The molecule has 1 aliphatic rings. The van der Waals surface area contributed by atoms with Gasteiger partial charge in [-0.05, 0) is 46.2 Å². The number of nitrogens with zero attached hydrogens (tertiary/aromatic N) is 3. The summed E-state index contributed by atoms with van der Waals surface area (Å²) in [6, 6.07) is 7.61. The molecule has 0 aliphatic carbocycles. The lowest BCUT2D eigenvalue weighted by molar-refractivity contribution is 0.0284. The van der Waals surface area contributed by atoms with Gasteiger partial charge < -0.3 is 19.1 Å². The van der Waals surface area contributed by atoms with E-state index >= 15 is 0 Å². The van der Waals surface area contributed by atoms with E-state index in [2.05, 4.69) is 9.97 Å². The third-order valence-corrected chi connectivity index (χ3v) is 4.18. The highest BCUT2D eigenvalue weighted by Crippen LogP contribution is 2.27. The molecule has 0 saturated carbocycles. The van der Waals surface area contributed by atoms with E-state index in [0.717, 1.165) is 17.5 Å². The lowest BCUT2D eigenvalue weighted by Gasteiger charge is -2.24. The Kier molecular flexibility index (Phi) is 5.68. The molecule has 0 radical (unpaired) electrons. The Morgan fingerprint density at radius 2 is 1.78 bits per heavy atom. The van der Waals surface area contributed by atoms with Gasteiger partial charge in [-0.3, -0.25) is 0 Å². The number of carbonyl (C=O) groups is 1. The first-order chi connectivity index (χ1) is 12.9. The first-order valence-corrected chi connectivity index (χ1v) is 9.36. The van der Waals surface area contributed by atoms with E-state index in [1.165, 1.54) is 0 Å². The molecule has 0 bridgehead atoms. The first kappa shape index (κ1) is 19.2. The minimum atomic E-state index is -0.487. The van der Waals surface area contributed by atoms with Crippen LogP contribution in [0.15, 0.2) is 24.3 Å². The number of rotatable bonds is 5. The maximum atomic E-state index is 12.2. The summed E-state index contributed by atoms with van der Waals surface area (Å²) < 4.78 is 17.0. The fourth-order valence-electron chi connectivity index (χ4n) is 2.95. The number of para-hydroxylation sites is 2. The predicted octanol–water partition coefficient (Wildman–Crippen LogP) is 3.66. The maximum Gasteiger partial charge on any atom is 0.410 e. The third kappa shape index (κ3) is 4.99. The summed E-state index contributed by atoms with van der Waals surface area (Å²) in [6.45, 7) is 9.73. The van der Waals surface area contributed by atoms with E-state index in [0.29, 0.717) is 38.1 Å². The summed E-state index contributed by atoms with van der Waals surface area (Å²) in [5.74, 6) is 1.02. The van der Waals surface area contributed by atoms with Crippen molar-refractivity contribution in [1.82, 2.24) is 14.9 Å². The smallest absolute Gasteiger partial charge is 0.410 e. The van der Waals surface area contributed by atoms with Crippen molar-refractivity contribution in [1.29, 1.82) is 0 Å². The molecule has 1 aliphatic heterocycles. The van der Waals surface area contributed by atoms with Gasteiger partial charge in [-0.15, -0.1) is 0 Å². The molecule has 7 nitrogen and oxygen atoms in total. The molecular weight excluding hydrogens is 346 g/mol. The summed E-state index contributed by atoms with van der Waals surface area (Å²) in [5, 5.41) is 0. The number of amides is 1. The van der Waals surface area contributed by atoms with Gasteiger partial charge in [-0.2, -0.15) is 0 Å². The number of fused-ring (bicyclic) bond motifs is 1. The van der Waals surface area contributed by atoms with Gasteiger partial charge in [0.25, 0.3) is 11.8 Å². The molecule has 0 N–H and O–H groups in total. The Bertz CT molecular complexity index is 803. The highest BCUT2D eigenvalue weighted by atomic mass is 16.6. The van der Waals surface area contributed by atoms with Crippen LogP contribution in [0.5, 0.6) is 11.8 Å². The summed E-state index contributed by atoms with van der Waals surface area (Å²) in [7, 11) is 0. The van der Waals surface area contributed by atoms with Gasteiger partial charge in [0.2, 0.25) is 0 Å². The zero-order valence-electron chi connectivity index (χ0n) is 16.4. The van der Waals surface area contributed by atoms with Gasteiger partial charge in [0, 0.05) is 19.0 Å². The second-order valence-electron chi connectivity index (χ2n) is 7.65. The minimum absolute atomic E-state index is 0.222. The molecule has 0 spiro atoms. The van der Waals surface area contributed by atoms with Gasteiger partial charge in [0.15, 0.2) is 0 Å². The van der Waals surface area contributed by atoms with Crippen LogP contribution in [-0.2, 0) is 4.74 Å². The molecule has 2 heterocycles. The number of ether oxygens (including phenoxy) is 3. The van der Waals surface area contributed by atoms with E-state index in [1.807, 2.05) is 52.0 Å². The zero-order chi connectivity index (χ0) is 19.4. The fraction of sp³-hybridized carbons (Fsp3) is 0.550. The largest absolute Gasteiger partial charge is 0.474 e. The average Bonchev–Trinajstić information content (AvgIpc) is 3.08. The Balaban J connectivity index is 1.63. The number of carbonyl (C=O) groups excluding carboxylic acids is 1. The summed E-state index contributed by atoms with van der Waals surface area (Å²) in [5.41, 5.74) is 1.04. The minimum Gasteiger partial charge on any atom is -0.474 e. The molecule has 2 aromatic rings. The van der Waals surface area contributed by atoms with Crippen molar-refractivity contribution >= 4 is 17.1 Å². The molecule has 3 rings (SSSR count). The van der Waals surface area contributed by atoms with Crippen molar-refractivity contribution in [2.75, 3.05) is 26.3 Å². The van der Waals surface area contributed by atoms with Gasteiger partial charge >= 0.3 is 6.09 Å². The molecule has 146 valence electrons. The van der Waals surface area contributed by atoms with E-state index in [1.54, 1.807) is 4.90 Å². The van der Waals surface area contributed by atoms with Gasteiger partial charge in [-0.1, -0.05) is 12.1 Å². The van der Waals surface area contributed by atoms with Crippen LogP contribution in [0.1, 0.15) is 34.1 Å². The summed E-state index contributed by atoms with van der Waals surface area (Å²) >= 11 is 0. The number of likely N-dealkylation sites (tertiary alicyclic amines) is 1. The molecule has 1 atom stereocenters. The molecule has 1 saturated heterocycles. The van der Waals surface area contributed by atoms with Crippen molar-refractivity contribution in [2.24, 2.45) is 5.92 Å². The number of aromatic nitrogens is 2. The SMILES string of the molecule is CCOc1nc2ccccc2nc1OC[C@H]1CCN(C(=O)OC(C)(C)C)C1. The fourth-order valence-corrected chi connectivity index (χ4v) is 2.95. The number of hydrogen-bond donors (Lipinski definition) is 0. The highest BCUT2D eigenvalue weighted by Gasteiger charge is 2.30. The highest BCUT2D eigenvalue weighted by molar-refractivity contribution is 5.75. The van der Waals surface area contributed by atoms with E-state index in [4.69, 9.17) is 14.2 Å². The van der Waals surface area contributed by atoms with Crippen LogP contribution in [0.4, 0.5) is 4.79 Å². The molecule has 7 heteroatoms. The molecule has 1 aromatic carbocycles. The third-order valence-electron chi connectivity index (χ3n) is 4.18. The second-order valence-corrected chi connectivity index (χ2v) is 7.65. The van der Waals surface area contributed by atoms with Crippen LogP contribution in [0.2, 0.25) is 0 Å². The molecule has 0 unspecified atom stereocenters. The quantitative estimate of drug-likeness (QED) is 0.796. The summed E-state index contributed by atoms with van der Waals surface area (Å²) in [6.07, 6.45) is 0.593. The zero-order valence-corrected chi connectivity index (χ0v) is 16.4. The van der Waals surface area contributed by atoms with E-state index in [-0.39, 0.29) is 12.0 Å². The van der Waals surface area contributed by atoms with Crippen LogP contribution in [0, 0.1) is 5.92 Å². The lowest BCUT2D eigenvalue weighted by Crippen LogP contribution is -2.35. The van der Waals surface area contributed by atoms with Gasteiger partial charge in [-0.25, -0.2) is 14.8 Å². The van der Waals surface area contributed by atoms with Crippen molar-refractivity contribution in [3.63, 3.8) is 0 Å². The van der Waals surface area contributed by atoms with E-state index in [9.17, 15) is 4.79 Å². The predicted molar refractivity (Wildman–Crippen MR) is 102 cm³/mol. The average molecular weight is 373 g/mol. The van der Waals surface area contributed by atoms with Crippen LogP contribution in [0.25, 0.3) is 11.0 Å². The Morgan fingerprint density at radius 3 is 2.37 bits per heavy atom. The Morgan fingerprint density at radius 1 is 1.15 bits per heavy atom. The maximum absolute atomic E-state index is 12.2. The Labute approximate surface area is 159 Å². The van der Waals surface area contributed by atoms with Crippen molar-refractivity contribution in [3.8, 4) is 11.8 Å². The normalized spacial score (nSPS) is 17.2. The van der Waals surface area contributed by atoms with Crippen molar-refractivity contribution < 1.29 is 19.0 Å². The first-order valence-electron chi connectivity index (χ1n) is 9.36. The van der Waals surface area contributed by atoms with Crippen LogP contribution in [-0.4, -0.2) is 52.9 Å². The van der Waals surface area contributed by atoms with Gasteiger partial charge in [0.1, 0.15) is 5.60 Å². The van der Waals surface area contributed by atoms with Crippen LogP contribution in [0.3, 0.4) is 0 Å². The van der Waals surface area contributed by atoms with E-state index < -0.39 is 5.60 Å². The standard InChI is InChI=1S/C20H27N3O4/c1-5-25-17-18(22-16-9-7-6-8-15(16)21-17)26-13-14-10-11-23(12-14)19(24)27-20(2,3)4/h6-9,14H,5,10-13H2,1-4H3/t14-/m0/s1. The second kappa shape index (κ2) is 7.98. The lowest BCUT2D eigenvalue weighted by atomic mass is 10.1. The molecule has 1 aromatic heterocycles. The monoisotopic (exact) mass is 373 g/mol. The number of hydrogen-bond acceptors (Lipinski definition) is 6. The molecular formula is C20H27N3O4. The Hall–Kier alpha value is -2.57. The van der Waals surface area contributed by atoms with Gasteiger partial charge in [0.05, 0.1) is 24.2 Å². The van der Waals surface area contributed by atoms with Crippen LogP contribution < -0.4 is 9.47 Å².